The molecule has 2 aromatic rings. The first-order chi connectivity index (χ1) is 14.3. The topological polar surface area (TPSA) is 66.9 Å². The average molecular weight is 435 g/mol. The Morgan fingerprint density at radius 1 is 1.03 bits per heavy atom. The molecule has 0 unspecified atom stereocenters. The van der Waals surface area contributed by atoms with Crippen LogP contribution in [0.2, 0.25) is 0 Å². The molecule has 8 heteroatoms. The minimum absolute atomic E-state index is 0.0699. The summed E-state index contributed by atoms with van der Waals surface area (Å²) in [6, 6.07) is 13.0. The number of nitrogens with zero attached hydrogens (tertiary/aromatic N) is 2. The molecule has 6 nitrogen and oxygen atoms in total. The monoisotopic (exact) mass is 434 g/mol. The fraction of sp³-hybridized carbons (Fsp3) is 0.409. The molecule has 1 amide bonds. The van der Waals surface area contributed by atoms with Gasteiger partial charge in [0.1, 0.15) is 0 Å². The molecule has 0 saturated carbocycles. The molecule has 0 bridgehead atoms. The van der Waals surface area contributed by atoms with Crippen molar-refractivity contribution in [2.45, 2.75) is 31.1 Å². The number of sulfonamides is 1. The Morgan fingerprint density at radius 3 is 2.27 bits per heavy atom. The Hall–Kier alpha value is -2.45. The number of para-hydroxylation sites is 1. The second-order valence-electron chi connectivity index (χ2n) is 7.54. The summed E-state index contributed by atoms with van der Waals surface area (Å²) in [4.78, 5) is 14.3. The maximum absolute atomic E-state index is 13.5. The Balaban J connectivity index is 1.51. The molecule has 1 aliphatic rings. The fourth-order valence-electron chi connectivity index (χ4n) is 3.32. The predicted molar refractivity (Wildman–Crippen MR) is 112 cm³/mol. The minimum Gasteiger partial charge on any atom is -0.490 e. The van der Waals surface area contributed by atoms with Crippen molar-refractivity contribution < 1.29 is 22.3 Å². The van der Waals surface area contributed by atoms with E-state index >= 15 is 0 Å². The van der Waals surface area contributed by atoms with E-state index in [0.717, 1.165) is 5.56 Å². The lowest BCUT2D eigenvalue weighted by molar-refractivity contribution is -0.132. The van der Waals surface area contributed by atoms with Gasteiger partial charge in [0.2, 0.25) is 15.9 Å². The van der Waals surface area contributed by atoms with Gasteiger partial charge in [0, 0.05) is 26.2 Å². The van der Waals surface area contributed by atoms with Gasteiger partial charge in [-0.05, 0) is 35.7 Å². The van der Waals surface area contributed by atoms with Gasteiger partial charge in [0.25, 0.3) is 0 Å². The molecule has 0 aromatic heterocycles. The number of amides is 1. The van der Waals surface area contributed by atoms with E-state index in [1.165, 1.54) is 16.4 Å². The number of ether oxygens (including phenoxy) is 1. The SMILES string of the molecule is CC(C)c1ccc(S(=O)(=O)N2CCN(C(=O)CCOc3ccccc3F)CC2)cc1. The molecule has 0 radical (unpaired) electrons. The zero-order valence-electron chi connectivity index (χ0n) is 17.3. The summed E-state index contributed by atoms with van der Waals surface area (Å²) in [5, 5.41) is 0. The Morgan fingerprint density at radius 2 is 1.67 bits per heavy atom. The number of rotatable bonds is 7. The van der Waals surface area contributed by atoms with E-state index in [1.54, 1.807) is 29.2 Å². The second-order valence-corrected chi connectivity index (χ2v) is 9.48. The molecule has 0 N–H and O–H groups in total. The van der Waals surface area contributed by atoms with Crippen LogP contribution in [0.1, 0.15) is 31.7 Å². The van der Waals surface area contributed by atoms with Gasteiger partial charge in [-0.25, -0.2) is 12.8 Å². The third-order valence-corrected chi connectivity index (χ3v) is 7.10. The van der Waals surface area contributed by atoms with Crippen molar-refractivity contribution in [3.8, 4) is 5.75 Å². The number of carbonyl (C=O) groups is 1. The van der Waals surface area contributed by atoms with Gasteiger partial charge in [-0.15, -0.1) is 0 Å². The smallest absolute Gasteiger partial charge is 0.243 e. The van der Waals surface area contributed by atoms with Crippen molar-refractivity contribution in [1.29, 1.82) is 0 Å². The molecule has 162 valence electrons. The molecule has 1 saturated heterocycles. The molecule has 0 atom stereocenters. The molecule has 3 rings (SSSR count). The molecule has 0 spiro atoms. The zero-order valence-corrected chi connectivity index (χ0v) is 18.1. The fourth-order valence-corrected chi connectivity index (χ4v) is 4.74. The van der Waals surface area contributed by atoms with E-state index < -0.39 is 15.8 Å². The van der Waals surface area contributed by atoms with Crippen LogP contribution in [0.3, 0.4) is 0 Å². The number of hydrogen-bond donors (Lipinski definition) is 0. The molecule has 2 aromatic carbocycles. The Kier molecular flexibility index (Phi) is 7.10. The van der Waals surface area contributed by atoms with Crippen LogP contribution in [0.25, 0.3) is 0 Å². The molecular weight excluding hydrogens is 407 g/mol. The normalized spacial score (nSPS) is 15.4. The number of halogens is 1. The lowest BCUT2D eigenvalue weighted by atomic mass is 10.0. The van der Waals surface area contributed by atoms with E-state index in [0.29, 0.717) is 19.0 Å². The highest BCUT2D eigenvalue weighted by Gasteiger charge is 2.30. The third-order valence-electron chi connectivity index (χ3n) is 5.19. The number of piperazine rings is 1. The molecule has 1 aliphatic heterocycles. The van der Waals surface area contributed by atoms with E-state index in [2.05, 4.69) is 13.8 Å². The van der Waals surface area contributed by atoms with Crippen LogP contribution in [-0.4, -0.2) is 56.3 Å². The molecular formula is C22H27FN2O4S. The number of carbonyl (C=O) groups excluding carboxylic acids is 1. The summed E-state index contributed by atoms with van der Waals surface area (Å²) < 4.78 is 46.0. The van der Waals surface area contributed by atoms with Gasteiger partial charge in [0.05, 0.1) is 17.9 Å². The van der Waals surface area contributed by atoms with Crippen LogP contribution < -0.4 is 4.74 Å². The summed E-state index contributed by atoms with van der Waals surface area (Å²) in [6.45, 7) is 5.31. The van der Waals surface area contributed by atoms with Crippen molar-refractivity contribution in [2.75, 3.05) is 32.8 Å². The highest BCUT2D eigenvalue weighted by molar-refractivity contribution is 7.89. The van der Waals surface area contributed by atoms with Gasteiger partial charge in [-0.1, -0.05) is 38.1 Å². The standard InChI is InChI=1S/C22H27FN2O4S/c1-17(2)18-7-9-19(10-8-18)30(27,28)25-14-12-24(13-15-25)22(26)11-16-29-21-6-4-3-5-20(21)23/h3-10,17H,11-16H2,1-2H3. The van der Waals surface area contributed by atoms with Gasteiger partial charge >= 0.3 is 0 Å². The first kappa shape index (κ1) is 22.2. The maximum Gasteiger partial charge on any atom is 0.243 e. The Labute approximate surface area is 177 Å². The predicted octanol–water partition coefficient (Wildman–Crippen LogP) is 3.25. The molecule has 1 heterocycles. The van der Waals surface area contributed by atoms with Crippen LogP contribution in [0, 0.1) is 5.82 Å². The first-order valence-electron chi connectivity index (χ1n) is 10.0. The van der Waals surface area contributed by atoms with Gasteiger partial charge in [-0.2, -0.15) is 4.31 Å². The lowest BCUT2D eigenvalue weighted by Crippen LogP contribution is -2.50. The highest BCUT2D eigenvalue weighted by Crippen LogP contribution is 2.21. The van der Waals surface area contributed by atoms with Crippen molar-refractivity contribution in [3.05, 3.63) is 59.9 Å². The summed E-state index contributed by atoms with van der Waals surface area (Å²) in [6.07, 6.45) is 0.109. The van der Waals surface area contributed by atoms with Crippen molar-refractivity contribution in [3.63, 3.8) is 0 Å². The molecule has 1 fully saturated rings. The van der Waals surface area contributed by atoms with Crippen LogP contribution in [0.5, 0.6) is 5.75 Å². The van der Waals surface area contributed by atoms with Crippen LogP contribution in [0.4, 0.5) is 4.39 Å². The lowest BCUT2D eigenvalue weighted by Gasteiger charge is -2.34. The molecule has 30 heavy (non-hydrogen) atoms. The minimum atomic E-state index is -3.58. The summed E-state index contributed by atoms with van der Waals surface area (Å²) in [7, 11) is -3.58. The maximum atomic E-state index is 13.5. The first-order valence-corrected chi connectivity index (χ1v) is 11.5. The average Bonchev–Trinajstić information content (AvgIpc) is 2.75. The zero-order chi connectivity index (χ0) is 21.7. The van der Waals surface area contributed by atoms with Crippen LogP contribution in [-0.2, 0) is 14.8 Å². The largest absolute Gasteiger partial charge is 0.490 e. The van der Waals surface area contributed by atoms with Crippen LogP contribution >= 0.6 is 0 Å². The third kappa shape index (κ3) is 5.17. The summed E-state index contributed by atoms with van der Waals surface area (Å²) in [5.41, 5.74) is 1.09. The van der Waals surface area contributed by atoms with E-state index in [1.807, 2.05) is 12.1 Å². The second kappa shape index (κ2) is 9.57. The van der Waals surface area contributed by atoms with Crippen molar-refractivity contribution in [2.24, 2.45) is 0 Å². The van der Waals surface area contributed by atoms with E-state index in [-0.39, 0.29) is 42.7 Å². The van der Waals surface area contributed by atoms with E-state index in [4.69, 9.17) is 4.74 Å². The van der Waals surface area contributed by atoms with Gasteiger partial charge < -0.3 is 9.64 Å². The van der Waals surface area contributed by atoms with Crippen molar-refractivity contribution >= 4 is 15.9 Å². The summed E-state index contributed by atoms with van der Waals surface area (Å²) >= 11 is 0. The van der Waals surface area contributed by atoms with Crippen LogP contribution in [0.15, 0.2) is 53.4 Å². The number of benzene rings is 2. The Bertz CT molecular complexity index is 969. The highest BCUT2D eigenvalue weighted by atomic mass is 32.2. The van der Waals surface area contributed by atoms with Gasteiger partial charge in [0.15, 0.2) is 11.6 Å². The van der Waals surface area contributed by atoms with Crippen molar-refractivity contribution in [1.82, 2.24) is 9.21 Å². The van der Waals surface area contributed by atoms with Gasteiger partial charge in [-0.3, -0.25) is 4.79 Å². The van der Waals surface area contributed by atoms with E-state index in [9.17, 15) is 17.6 Å². The quantitative estimate of drug-likeness (QED) is 0.671. The number of hydrogen-bond acceptors (Lipinski definition) is 4. The summed E-state index contributed by atoms with van der Waals surface area (Å²) in [5.74, 6) is -0.154. The molecule has 0 aliphatic carbocycles.